The largest absolute Gasteiger partial charge is 0.497 e. The Morgan fingerprint density at radius 3 is 2.73 bits per heavy atom. The Bertz CT molecular complexity index is 855. The van der Waals surface area contributed by atoms with Gasteiger partial charge in [0.2, 0.25) is 0 Å². The molecule has 0 aliphatic rings. The Morgan fingerprint density at radius 2 is 2.00 bits per heavy atom. The average Bonchev–Trinajstić information content (AvgIpc) is 2.93. The van der Waals surface area contributed by atoms with Gasteiger partial charge in [0.05, 0.1) is 34.7 Å². The van der Waals surface area contributed by atoms with Gasteiger partial charge in [-0.15, -0.1) is 0 Å². The van der Waals surface area contributed by atoms with Crippen LogP contribution in [0, 0.1) is 13.8 Å². The summed E-state index contributed by atoms with van der Waals surface area (Å²) in [5, 5.41) is 0.503. The van der Waals surface area contributed by atoms with Crippen molar-refractivity contribution >= 4 is 21.8 Å². The average molecular weight is 314 g/mol. The number of benzene rings is 2. The van der Waals surface area contributed by atoms with Crippen LogP contribution in [0.5, 0.6) is 5.75 Å². The van der Waals surface area contributed by atoms with Crippen molar-refractivity contribution in [3.05, 3.63) is 53.1 Å². The quantitative estimate of drug-likeness (QED) is 0.802. The van der Waals surface area contributed by atoms with Crippen LogP contribution in [0.15, 0.2) is 41.6 Å². The van der Waals surface area contributed by atoms with Crippen LogP contribution in [0.3, 0.4) is 0 Å². The molecule has 22 heavy (non-hydrogen) atoms. The second-order valence-electron chi connectivity index (χ2n) is 5.34. The highest BCUT2D eigenvalue weighted by Crippen LogP contribution is 2.21. The number of nitrogens with one attached hydrogen (secondary N) is 1. The summed E-state index contributed by atoms with van der Waals surface area (Å²) in [4.78, 5) is 7.55. The number of aryl methyl sites for hydroxylation is 2. The molecule has 3 rings (SSSR count). The van der Waals surface area contributed by atoms with Crippen LogP contribution in [0.25, 0.3) is 11.0 Å². The highest BCUT2D eigenvalue weighted by molar-refractivity contribution is 7.84. The van der Waals surface area contributed by atoms with Gasteiger partial charge in [-0.3, -0.25) is 4.21 Å². The predicted molar refractivity (Wildman–Crippen MR) is 88.7 cm³/mol. The molecule has 1 heterocycles. The van der Waals surface area contributed by atoms with Crippen LogP contribution in [0.1, 0.15) is 16.7 Å². The summed E-state index contributed by atoms with van der Waals surface area (Å²) in [5.74, 6) is 1.21. The van der Waals surface area contributed by atoms with Gasteiger partial charge in [0.1, 0.15) is 5.75 Å². The predicted octanol–water partition coefficient (Wildman–Crippen LogP) is 3.50. The third-order valence-corrected chi connectivity index (χ3v) is 4.87. The molecule has 2 aromatic carbocycles. The fraction of sp³-hybridized carbons (Fsp3) is 0.235. The van der Waals surface area contributed by atoms with E-state index in [2.05, 4.69) is 23.0 Å². The molecule has 1 N–H and O–H groups in total. The lowest BCUT2D eigenvalue weighted by molar-refractivity contribution is 0.415. The lowest BCUT2D eigenvalue weighted by Gasteiger charge is -2.05. The van der Waals surface area contributed by atoms with Gasteiger partial charge < -0.3 is 9.72 Å². The van der Waals surface area contributed by atoms with Gasteiger partial charge in [-0.1, -0.05) is 23.8 Å². The smallest absolute Gasteiger partial charge is 0.197 e. The van der Waals surface area contributed by atoms with Crippen LogP contribution < -0.4 is 4.74 Å². The van der Waals surface area contributed by atoms with E-state index in [0.717, 1.165) is 27.9 Å². The van der Waals surface area contributed by atoms with Crippen LogP contribution >= 0.6 is 0 Å². The number of hydrogen-bond donors (Lipinski definition) is 1. The summed E-state index contributed by atoms with van der Waals surface area (Å²) < 4.78 is 17.8. The molecule has 1 atom stereocenters. The molecule has 0 saturated heterocycles. The third-order valence-electron chi connectivity index (χ3n) is 3.67. The van der Waals surface area contributed by atoms with E-state index in [1.165, 1.54) is 5.56 Å². The number of rotatable bonds is 4. The molecule has 0 aliphatic heterocycles. The van der Waals surface area contributed by atoms with Crippen molar-refractivity contribution in [3.8, 4) is 5.75 Å². The summed E-state index contributed by atoms with van der Waals surface area (Å²) in [5.41, 5.74) is 5.09. The van der Waals surface area contributed by atoms with Gasteiger partial charge in [-0.05, 0) is 37.1 Å². The molecule has 0 bridgehead atoms. The Kier molecular flexibility index (Phi) is 3.98. The van der Waals surface area contributed by atoms with Crippen molar-refractivity contribution < 1.29 is 8.95 Å². The van der Waals surface area contributed by atoms with Crippen molar-refractivity contribution in [3.63, 3.8) is 0 Å². The topological polar surface area (TPSA) is 55.0 Å². The van der Waals surface area contributed by atoms with Crippen LogP contribution in [0.2, 0.25) is 0 Å². The van der Waals surface area contributed by atoms with Gasteiger partial charge in [0.25, 0.3) is 0 Å². The number of H-pyrrole nitrogens is 1. The van der Waals surface area contributed by atoms with Crippen molar-refractivity contribution in [1.82, 2.24) is 9.97 Å². The minimum absolute atomic E-state index is 0.461. The highest BCUT2D eigenvalue weighted by atomic mass is 32.2. The number of ether oxygens (including phenoxy) is 1. The third kappa shape index (κ3) is 2.90. The van der Waals surface area contributed by atoms with Crippen molar-refractivity contribution in [2.45, 2.75) is 24.8 Å². The lowest BCUT2D eigenvalue weighted by Crippen LogP contribution is -2.00. The van der Waals surface area contributed by atoms with E-state index >= 15 is 0 Å². The van der Waals surface area contributed by atoms with E-state index < -0.39 is 10.8 Å². The highest BCUT2D eigenvalue weighted by Gasteiger charge is 2.12. The molecular formula is C17H18N2O2S. The zero-order chi connectivity index (χ0) is 15.7. The SMILES string of the molecule is COc1ccc2nc([S@@](=O)Cc3ccc(C)cc3C)[nH]c2c1. The second-order valence-corrected chi connectivity index (χ2v) is 6.71. The normalized spacial score (nSPS) is 12.5. The first-order valence-electron chi connectivity index (χ1n) is 7.05. The number of fused-ring (bicyclic) bond motifs is 1. The minimum Gasteiger partial charge on any atom is -0.497 e. The maximum atomic E-state index is 12.6. The molecule has 0 amide bonds. The van der Waals surface area contributed by atoms with Crippen molar-refractivity contribution in [2.75, 3.05) is 7.11 Å². The summed E-state index contributed by atoms with van der Waals surface area (Å²) in [6, 6.07) is 11.8. The molecule has 1 aromatic heterocycles. The summed E-state index contributed by atoms with van der Waals surface area (Å²) in [6.45, 7) is 4.10. The van der Waals surface area contributed by atoms with Gasteiger partial charge in [0, 0.05) is 6.07 Å². The van der Waals surface area contributed by atoms with E-state index in [9.17, 15) is 4.21 Å². The Labute approximate surface area is 132 Å². The number of aromatic nitrogens is 2. The van der Waals surface area contributed by atoms with Crippen LogP contribution in [-0.2, 0) is 16.6 Å². The molecule has 0 saturated carbocycles. The summed E-state index contributed by atoms with van der Waals surface area (Å²) in [6.07, 6.45) is 0. The van der Waals surface area contributed by atoms with Gasteiger partial charge in [-0.25, -0.2) is 4.98 Å². The Hall–Kier alpha value is -2.14. The zero-order valence-corrected chi connectivity index (χ0v) is 13.7. The van der Waals surface area contributed by atoms with E-state index in [4.69, 9.17) is 4.74 Å². The fourth-order valence-corrected chi connectivity index (χ4v) is 3.58. The minimum atomic E-state index is -1.20. The number of aromatic amines is 1. The first-order valence-corrected chi connectivity index (χ1v) is 8.37. The number of imidazole rings is 1. The number of nitrogens with zero attached hydrogens (tertiary/aromatic N) is 1. The van der Waals surface area contributed by atoms with E-state index in [1.54, 1.807) is 7.11 Å². The van der Waals surface area contributed by atoms with Crippen LogP contribution in [0.4, 0.5) is 0 Å². The second kappa shape index (κ2) is 5.93. The monoisotopic (exact) mass is 314 g/mol. The molecule has 0 aliphatic carbocycles. The molecule has 0 unspecified atom stereocenters. The Morgan fingerprint density at radius 1 is 1.18 bits per heavy atom. The van der Waals surface area contributed by atoms with Crippen molar-refractivity contribution in [2.24, 2.45) is 0 Å². The molecule has 4 nitrogen and oxygen atoms in total. The molecule has 114 valence electrons. The van der Waals surface area contributed by atoms with E-state index in [-0.39, 0.29) is 0 Å². The molecular weight excluding hydrogens is 296 g/mol. The first kappa shape index (κ1) is 14.8. The van der Waals surface area contributed by atoms with E-state index in [0.29, 0.717) is 10.9 Å². The van der Waals surface area contributed by atoms with Gasteiger partial charge in [0.15, 0.2) is 5.16 Å². The molecule has 0 fully saturated rings. The van der Waals surface area contributed by atoms with Gasteiger partial charge in [-0.2, -0.15) is 0 Å². The maximum Gasteiger partial charge on any atom is 0.197 e. The van der Waals surface area contributed by atoms with E-state index in [1.807, 2.05) is 37.3 Å². The molecule has 5 heteroatoms. The number of hydrogen-bond acceptors (Lipinski definition) is 3. The maximum absolute atomic E-state index is 12.6. The standard InChI is InChI=1S/C17H18N2O2S/c1-11-4-5-13(12(2)8-11)10-22(20)17-18-15-7-6-14(21-3)9-16(15)19-17/h4-9H,10H2,1-3H3,(H,18,19)/t22-/m0/s1. The molecule has 3 aromatic rings. The summed E-state index contributed by atoms with van der Waals surface area (Å²) >= 11 is 0. The van der Waals surface area contributed by atoms with Crippen LogP contribution in [-0.4, -0.2) is 21.3 Å². The fourth-order valence-electron chi connectivity index (χ4n) is 2.42. The Balaban J connectivity index is 1.88. The molecule has 0 spiro atoms. The zero-order valence-electron chi connectivity index (χ0n) is 12.8. The summed E-state index contributed by atoms with van der Waals surface area (Å²) in [7, 11) is 0.422. The lowest BCUT2D eigenvalue weighted by atomic mass is 10.1. The number of methoxy groups -OCH3 is 1. The first-order chi connectivity index (χ1) is 10.6. The molecule has 0 radical (unpaired) electrons. The van der Waals surface area contributed by atoms with Gasteiger partial charge >= 0.3 is 0 Å². The van der Waals surface area contributed by atoms with Crippen molar-refractivity contribution in [1.29, 1.82) is 0 Å².